The third-order valence-corrected chi connectivity index (χ3v) is 3.84. The van der Waals surface area contributed by atoms with Gasteiger partial charge in [0.05, 0.1) is 13.2 Å². The first kappa shape index (κ1) is 11.0. The molecule has 2 aliphatic heterocycles. The molecule has 92 valence electrons. The van der Waals surface area contributed by atoms with Gasteiger partial charge in [-0.05, 0) is 30.5 Å². The first-order valence-electron chi connectivity index (χ1n) is 6.37. The molecular formula is C13H19N3O. The van der Waals surface area contributed by atoms with E-state index >= 15 is 0 Å². The molecule has 2 bridgehead atoms. The molecule has 3 heterocycles. The third kappa shape index (κ3) is 2.28. The molecule has 4 nitrogen and oxygen atoms in total. The van der Waals surface area contributed by atoms with Gasteiger partial charge in [-0.2, -0.15) is 0 Å². The number of fused-ring (bicyclic) bond motifs is 2. The average Bonchev–Trinajstić information content (AvgIpc) is 2.28. The number of piperidine rings is 1. The fraction of sp³-hybridized carbons (Fsp3) is 0.615. The van der Waals surface area contributed by atoms with Gasteiger partial charge in [-0.15, -0.1) is 0 Å². The summed E-state index contributed by atoms with van der Waals surface area (Å²) in [6, 6.07) is 5.22. The van der Waals surface area contributed by atoms with E-state index < -0.39 is 0 Å². The quantitative estimate of drug-likeness (QED) is 0.839. The summed E-state index contributed by atoms with van der Waals surface area (Å²) in [5.41, 5.74) is 6.99. The lowest BCUT2D eigenvalue weighted by Gasteiger charge is -2.45. The Morgan fingerprint density at radius 2 is 2.12 bits per heavy atom. The van der Waals surface area contributed by atoms with Gasteiger partial charge < -0.3 is 10.5 Å². The van der Waals surface area contributed by atoms with Crippen LogP contribution in [-0.4, -0.2) is 35.2 Å². The number of pyridine rings is 1. The van der Waals surface area contributed by atoms with Crippen LogP contribution in [0.2, 0.25) is 0 Å². The van der Waals surface area contributed by atoms with Crippen molar-refractivity contribution in [1.82, 2.24) is 9.88 Å². The summed E-state index contributed by atoms with van der Waals surface area (Å²) in [4.78, 5) is 6.62. The molecule has 0 saturated carbocycles. The van der Waals surface area contributed by atoms with Crippen LogP contribution in [0.25, 0.3) is 0 Å². The van der Waals surface area contributed by atoms with Crippen LogP contribution < -0.4 is 5.73 Å². The lowest BCUT2D eigenvalue weighted by Crippen LogP contribution is -2.54. The van der Waals surface area contributed by atoms with Crippen LogP contribution in [0, 0.1) is 0 Å². The van der Waals surface area contributed by atoms with Gasteiger partial charge in [-0.25, -0.2) is 4.98 Å². The van der Waals surface area contributed by atoms with Gasteiger partial charge in [0.15, 0.2) is 0 Å². The molecule has 4 heteroatoms. The van der Waals surface area contributed by atoms with E-state index in [4.69, 9.17) is 10.5 Å². The number of rotatable bonds is 2. The third-order valence-electron chi connectivity index (χ3n) is 3.84. The van der Waals surface area contributed by atoms with E-state index in [-0.39, 0.29) is 0 Å². The molecule has 0 aliphatic carbocycles. The molecule has 2 fully saturated rings. The molecule has 0 aromatic carbocycles. The number of ether oxygens (including phenoxy) is 1. The molecule has 0 spiro atoms. The first-order valence-corrected chi connectivity index (χ1v) is 6.37. The Kier molecular flexibility index (Phi) is 2.99. The van der Waals surface area contributed by atoms with E-state index in [0.29, 0.717) is 17.9 Å². The summed E-state index contributed by atoms with van der Waals surface area (Å²) in [6.07, 6.45) is 5.66. The van der Waals surface area contributed by atoms with E-state index in [1.807, 2.05) is 6.07 Å². The number of nitrogens with zero attached hydrogens (tertiary/aromatic N) is 2. The van der Waals surface area contributed by atoms with Gasteiger partial charge >= 0.3 is 0 Å². The molecule has 2 unspecified atom stereocenters. The smallest absolute Gasteiger partial charge is 0.123 e. The predicted octanol–water partition coefficient (Wildman–Crippen LogP) is 1.42. The SMILES string of the molecule is Nc1cc(CN2C3CCCC2COC3)ccn1. The molecule has 17 heavy (non-hydrogen) atoms. The van der Waals surface area contributed by atoms with Crippen LogP contribution >= 0.6 is 0 Å². The minimum atomic E-state index is 0.594. The number of hydrogen-bond acceptors (Lipinski definition) is 4. The average molecular weight is 233 g/mol. The summed E-state index contributed by atoms with van der Waals surface area (Å²) in [5, 5.41) is 0. The number of morpholine rings is 1. The normalized spacial score (nSPS) is 29.2. The molecule has 1 aromatic rings. The van der Waals surface area contributed by atoms with E-state index in [1.165, 1.54) is 24.8 Å². The Labute approximate surface area is 102 Å². The van der Waals surface area contributed by atoms with E-state index in [2.05, 4.69) is 16.0 Å². The number of nitrogen functional groups attached to an aromatic ring is 1. The lowest BCUT2D eigenvalue weighted by molar-refractivity contribution is -0.0774. The van der Waals surface area contributed by atoms with Crippen molar-refractivity contribution in [1.29, 1.82) is 0 Å². The first-order chi connectivity index (χ1) is 8.33. The Hall–Kier alpha value is -1.13. The number of hydrogen-bond donors (Lipinski definition) is 1. The van der Waals surface area contributed by atoms with Crippen molar-refractivity contribution in [3.05, 3.63) is 23.9 Å². The summed E-state index contributed by atoms with van der Waals surface area (Å²) in [6.45, 7) is 2.75. The zero-order chi connectivity index (χ0) is 11.7. The molecule has 2 aliphatic rings. The summed E-state index contributed by atoms with van der Waals surface area (Å²) in [7, 11) is 0. The molecule has 0 radical (unpaired) electrons. The van der Waals surface area contributed by atoms with Crippen molar-refractivity contribution in [2.45, 2.75) is 37.9 Å². The van der Waals surface area contributed by atoms with Crippen molar-refractivity contribution in [3.63, 3.8) is 0 Å². The monoisotopic (exact) mass is 233 g/mol. The summed E-state index contributed by atoms with van der Waals surface area (Å²) in [5.74, 6) is 0.612. The van der Waals surface area contributed by atoms with Gasteiger partial charge in [0.2, 0.25) is 0 Å². The number of aromatic nitrogens is 1. The predicted molar refractivity (Wildman–Crippen MR) is 66.4 cm³/mol. The molecule has 2 saturated heterocycles. The van der Waals surface area contributed by atoms with Gasteiger partial charge in [-0.1, -0.05) is 6.42 Å². The van der Waals surface area contributed by atoms with Gasteiger partial charge in [0.25, 0.3) is 0 Å². The molecule has 3 rings (SSSR count). The van der Waals surface area contributed by atoms with Gasteiger partial charge in [-0.3, -0.25) is 4.90 Å². The minimum absolute atomic E-state index is 0.594. The van der Waals surface area contributed by atoms with Gasteiger partial charge in [0, 0.05) is 24.8 Å². The second-order valence-electron chi connectivity index (χ2n) is 5.04. The zero-order valence-electron chi connectivity index (χ0n) is 10.0. The Balaban J connectivity index is 1.75. The maximum Gasteiger partial charge on any atom is 0.123 e. The fourth-order valence-corrected chi connectivity index (χ4v) is 2.98. The zero-order valence-corrected chi connectivity index (χ0v) is 10.0. The molecule has 1 aromatic heterocycles. The highest BCUT2D eigenvalue weighted by molar-refractivity contribution is 5.31. The maximum atomic E-state index is 5.73. The van der Waals surface area contributed by atoms with Crippen LogP contribution in [0.15, 0.2) is 18.3 Å². The Morgan fingerprint density at radius 3 is 2.82 bits per heavy atom. The van der Waals surface area contributed by atoms with Crippen molar-refractivity contribution < 1.29 is 4.74 Å². The lowest BCUT2D eigenvalue weighted by atomic mass is 9.94. The highest BCUT2D eigenvalue weighted by Crippen LogP contribution is 2.28. The second-order valence-corrected chi connectivity index (χ2v) is 5.04. The molecule has 0 amide bonds. The highest BCUT2D eigenvalue weighted by atomic mass is 16.5. The van der Waals surface area contributed by atoms with Gasteiger partial charge in [0.1, 0.15) is 5.82 Å². The van der Waals surface area contributed by atoms with Crippen LogP contribution in [0.5, 0.6) is 0 Å². The van der Waals surface area contributed by atoms with Crippen LogP contribution in [-0.2, 0) is 11.3 Å². The van der Waals surface area contributed by atoms with Crippen molar-refractivity contribution in [2.24, 2.45) is 0 Å². The largest absolute Gasteiger partial charge is 0.384 e. The maximum absolute atomic E-state index is 5.73. The molecular weight excluding hydrogens is 214 g/mol. The molecule has 2 atom stereocenters. The number of nitrogens with two attached hydrogens (primary N) is 1. The Bertz CT molecular complexity index is 374. The second kappa shape index (κ2) is 4.63. The van der Waals surface area contributed by atoms with E-state index in [0.717, 1.165) is 19.8 Å². The topological polar surface area (TPSA) is 51.4 Å². The van der Waals surface area contributed by atoms with Crippen molar-refractivity contribution >= 4 is 5.82 Å². The summed E-state index contributed by atoms with van der Waals surface area (Å²) < 4.78 is 5.65. The van der Waals surface area contributed by atoms with Crippen LogP contribution in [0.4, 0.5) is 5.82 Å². The highest BCUT2D eigenvalue weighted by Gasteiger charge is 2.34. The Morgan fingerprint density at radius 1 is 1.35 bits per heavy atom. The minimum Gasteiger partial charge on any atom is -0.384 e. The van der Waals surface area contributed by atoms with E-state index in [1.54, 1.807) is 6.20 Å². The molecule has 2 N–H and O–H groups in total. The standard InChI is InChI=1S/C13H19N3O/c14-13-6-10(4-5-15-13)7-16-11-2-1-3-12(16)9-17-8-11/h4-6,11-12H,1-3,7-9H2,(H2,14,15). The number of anilines is 1. The fourth-order valence-electron chi connectivity index (χ4n) is 2.98. The van der Waals surface area contributed by atoms with Crippen LogP contribution in [0.3, 0.4) is 0 Å². The van der Waals surface area contributed by atoms with Crippen LogP contribution in [0.1, 0.15) is 24.8 Å². The van der Waals surface area contributed by atoms with Crippen molar-refractivity contribution in [3.8, 4) is 0 Å². The van der Waals surface area contributed by atoms with Crippen molar-refractivity contribution in [2.75, 3.05) is 18.9 Å². The van der Waals surface area contributed by atoms with E-state index in [9.17, 15) is 0 Å². The summed E-state index contributed by atoms with van der Waals surface area (Å²) >= 11 is 0.